The molecule has 2 amide bonds. The number of imide groups is 1. The van der Waals surface area contributed by atoms with Crippen LogP contribution < -0.4 is 0 Å². The minimum Gasteiger partial charge on any atom is -0.447 e. The van der Waals surface area contributed by atoms with Gasteiger partial charge in [-0.1, -0.05) is 57.0 Å². The van der Waals surface area contributed by atoms with E-state index in [4.69, 9.17) is 4.74 Å². The highest BCUT2D eigenvalue weighted by atomic mass is 16.6. The monoisotopic (exact) mass is 289 g/mol. The summed E-state index contributed by atoms with van der Waals surface area (Å²) in [6.45, 7) is 4.28. The van der Waals surface area contributed by atoms with E-state index < -0.39 is 6.09 Å². The van der Waals surface area contributed by atoms with Crippen molar-refractivity contribution in [2.45, 2.75) is 45.6 Å². The number of cyclic esters (lactones) is 1. The number of amides is 2. The summed E-state index contributed by atoms with van der Waals surface area (Å²) in [5.41, 5.74) is 1.11. The number of nitrogens with zero attached hydrogens (tertiary/aromatic N) is 1. The van der Waals surface area contributed by atoms with Gasteiger partial charge < -0.3 is 4.74 Å². The van der Waals surface area contributed by atoms with E-state index in [2.05, 4.69) is 6.92 Å². The van der Waals surface area contributed by atoms with E-state index in [1.165, 1.54) is 4.90 Å². The normalized spacial score (nSPS) is 19.4. The molecule has 0 bridgehead atoms. The number of rotatable bonds is 6. The first-order valence-corrected chi connectivity index (χ1v) is 7.67. The quantitative estimate of drug-likeness (QED) is 0.806. The van der Waals surface area contributed by atoms with Gasteiger partial charge >= 0.3 is 6.09 Å². The van der Waals surface area contributed by atoms with Crippen LogP contribution in [0.1, 0.15) is 38.7 Å². The van der Waals surface area contributed by atoms with Crippen molar-refractivity contribution in [1.29, 1.82) is 0 Å². The lowest BCUT2D eigenvalue weighted by Gasteiger charge is -2.23. The summed E-state index contributed by atoms with van der Waals surface area (Å²) in [6.07, 6.45) is 3.02. The topological polar surface area (TPSA) is 46.6 Å². The number of carbonyl (C=O) groups is 2. The Labute approximate surface area is 126 Å². The predicted octanol–water partition coefficient (Wildman–Crippen LogP) is 3.40. The number of carbonyl (C=O) groups excluding carboxylic acids is 2. The van der Waals surface area contributed by atoms with Crippen molar-refractivity contribution in [3.63, 3.8) is 0 Å². The van der Waals surface area contributed by atoms with Crippen LogP contribution in [0, 0.1) is 5.92 Å². The first-order chi connectivity index (χ1) is 10.1. The average Bonchev–Trinajstić information content (AvgIpc) is 2.85. The van der Waals surface area contributed by atoms with Crippen LogP contribution >= 0.6 is 0 Å². The molecule has 1 aromatic rings. The van der Waals surface area contributed by atoms with Gasteiger partial charge in [0, 0.05) is 5.92 Å². The number of ether oxygens (including phenoxy) is 1. The van der Waals surface area contributed by atoms with E-state index in [0.717, 1.165) is 24.8 Å². The molecule has 1 aliphatic rings. The molecule has 0 aromatic heterocycles. The third-order valence-electron chi connectivity index (χ3n) is 3.92. The first-order valence-electron chi connectivity index (χ1n) is 7.67. The zero-order valence-electron chi connectivity index (χ0n) is 12.7. The lowest BCUT2D eigenvalue weighted by atomic mass is 10.0. The van der Waals surface area contributed by atoms with E-state index in [0.29, 0.717) is 13.0 Å². The zero-order valence-corrected chi connectivity index (χ0v) is 12.7. The SMILES string of the molecule is CCCC[C@@H](C)C(=O)N1C(=O)OC[C@H]1Cc1ccccc1. The maximum atomic E-state index is 12.5. The molecule has 4 heteroatoms. The standard InChI is InChI=1S/C17H23NO3/c1-3-4-8-13(2)16(19)18-15(12-21-17(18)20)11-14-9-6-5-7-10-14/h5-7,9-10,13,15H,3-4,8,11-12H2,1-2H3/t13-,15-/m1/s1. The Morgan fingerprint density at radius 1 is 1.38 bits per heavy atom. The lowest BCUT2D eigenvalue weighted by Crippen LogP contribution is -2.43. The van der Waals surface area contributed by atoms with E-state index in [1.54, 1.807) is 0 Å². The minimum absolute atomic E-state index is 0.105. The Bertz CT molecular complexity index is 486. The Balaban J connectivity index is 2.04. The fourth-order valence-corrected chi connectivity index (χ4v) is 2.64. The van der Waals surface area contributed by atoms with Crippen LogP contribution in [-0.2, 0) is 16.0 Å². The van der Waals surface area contributed by atoms with Gasteiger partial charge in [0.25, 0.3) is 0 Å². The Hall–Kier alpha value is -1.84. The van der Waals surface area contributed by atoms with Gasteiger partial charge in [-0.3, -0.25) is 4.79 Å². The molecule has 0 aliphatic carbocycles. The predicted molar refractivity (Wildman–Crippen MR) is 80.8 cm³/mol. The summed E-state index contributed by atoms with van der Waals surface area (Å²) in [7, 11) is 0. The largest absolute Gasteiger partial charge is 0.447 e. The van der Waals surface area contributed by atoms with E-state index in [9.17, 15) is 9.59 Å². The highest BCUT2D eigenvalue weighted by Gasteiger charge is 2.39. The van der Waals surface area contributed by atoms with Gasteiger partial charge in [-0.05, 0) is 18.4 Å². The molecule has 2 atom stereocenters. The number of benzene rings is 1. The highest BCUT2D eigenvalue weighted by Crippen LogP contribution is 2.21. The molecule has 0 radical (unpaired) electrons. The van der Waals surface area contributed by atoms with Crippen molar-refractivity contribution < 1.29 is 14.3 Å². The van der Waals surface area contributed by atoms with Crippen LogP contribution in [-0.4, -0.2) is 29.5 Å². The van der Waals surface area contributed by atoms with Crippen molar-refractivity contribution in [2.75, 3.05) is 6.61 Å². The molecule has 0 unspecified atom stereocenters. The molecule has 0 saturated carbocycles. The van der Waals surface area contributed by atoms with Crippen LogP contribution in [0.2, 0.25) is 0 Å². The highest BCUT2D eigenvalue weighted by molar-refractivity contribution is 5.94. The third-order valence-corrected chi connectivity index (χ3v) is 3.92. The van der Waals surface area contributed by atoms with Crippen LogP contribution in [0.3, 0.4) is 0 Å². The van der Waals surface area contributed by atoms with Gasteiger partial charge in [0.1, 0.15) is 6.61 Å². The number of unbranched alkanes of at least 4 members (excludes halogenated alkanes) is 1. The molecule has 1 aliphatic heterocycles. The smallest absolute Gasteiger partial charge is 0.416 e. The maximum Gasteiger partial charge on any atom is 0.416 e. The fraction of sp³-hybridized carbons (Fsp3) is 0.529. The maximum absolute atomic E-state index is 12.5. The Kier molecular flexibility index (Phi) is 5.37. The van der Waals surface area contributed by atoms with Crippen molar-refractivity contribution in [3.05, 3.63) is 35.9 Å². The van der Waals surface area contributed by atoms with E-state index >= 15 is 0 Å². The summed E-state index contributed by atoms with van der Waals surface area (Å²) in [4.78, 5) is 25.7. The second kappa shape index (κ2) is 7.25. The minimum atomic E-state index is -0.496. The summed E-state index contributed by atoms with van der Waals surface area (Å²) in [6, 6.07) is 9.70. The van der Waals surface area contributed by atoms with Crippen molar-refractivity contribution >= 4 is 12.0 Å². The molecular weight excluding hydrogens is 266 g/mol. The lowest BCUT2D eigenvalue weighted by molar-refractivity contribution is -0.133. The second-order valence-corrected chi connectivity index (χ2v) is 5.67. The Morgan fingerprint density at radius 3 is 2.76 bits per heavy atom. The van der Waals surface area contributed by atoms with Gasteiger partial charge in [-0.2, -0.15) is 0 Å². The molecule has 0 spiro atoms. The van der Waals surface area contributed by atoms with Crippen molar-refractivity contribution in [1.82, 2.24) is 4.90 Å². The molecule has 4 nitrogen and oxygen atoms in total. The summed E-state index contributed by atoms with van der Waals surface area (Å²) >= 11 is 0. The molecule has 1 saturated heterocycles. The van der Waals surface area contributed by atoms with Crippen LogP contribution in [0.15, 0.2) is 30.3 Å². The zero-order chi connectivity index (χ0) is 15.2. The van der Waals surface area contributed by atoms with Crippen LogP contribution in [0.25, 0.3) is 0 Å². The van der Waals surface area contributed by atoms with Gasteiger partial charge in [0.05, 0.1) is 6.04 Å². The van der Waals surface area contributed by atoms with Crippen molar-refractivity contribution in [3.8, 4) is 0 Å². The molecule has 1 heterocycles. The summed E-state index contributed by atoms with van der Waals surface area (Å²) < 4.78 is 5.09. The van der Waals surface area contributed by atoms with Crippen molar-refractivity contribution in [2.24, 2.45) is 5.92 Å². The summed E-state index contributed by atoms with van der Waals surface area (Å²) in [5, 5.41) is 0. The summed E-state index contributed by atoms with van der Waals surface area (Å²) in [5.74, 6) is -0.235. The molecule has 21 heavy (non-hydrogen) atoms. The van der Waals surface area contributed by atoms with E-state index in [1.807, 2.05) is 37.3 Å². The third kappa shape index (κ3) is 3.84. The molecule has 2 rings (SSSR count). The number of hydrogen-bond acceptors (Lipinski definition) is 3. The molecular formula is C17H23NO3. The van der Waals surface area contributed by atoms with Gasteiger partial charge in [-0.25, -0.2) is 9.69 Å². The molecule has 114 valence electrons. The van der Waals surface area contributed by atoms with Gasteiger partial charge in [0.15, 0.2) is 0 Å². The van der Waals surface area contributed by atoms with E-state index in [-0.39, 0.29) is 17.9 Å². The molecule has 1 fully saturated rings. The molecule has 0 N–H and O–H groups in total. The second-order valence-electron chi connectivity index (χ2n) is 5.67. The van der Waals surface area contributed by atoms with Gasteiger partial charge in [0.2, 0.25) is 5.91 Å². The first kappa shape index (κ1) is 15.5. The fourth-order valence-electron chi connectivity index (χ4n) is 2.64. The Morgan fingerprint density at radius 2 is 2.10 bits per heavy atom. The van der Waals surface area contributed by atoms with Gasteiger partial charge in [-0.15, -0.1) is 0 Å². The average molecular weight is 289 g/mol. The number of hydrogen-bond donors (Lipinski definition) is 0. The van der Waals surface area contributed by atoms with Crippen LogP contribution in [0.4, 0.5) is 4.79 Å². The molecule has 1 aromatic carbocycles. The van der Waals surface area contributed by atoms with Crippen LogP contribution in [0.5, 0.6) is 0 Å².